The van der Waals surface area contributed by atoms with Crippen LogP contribution in [0.1, 0.15) is 24.2 Å². The number of benzene rings is 1. The molecule has 0 aliphatic rings. The third kappa shape index (κ3) is 3.37. The van der Waals surface area contributed by atoms with Crippen molar-refractivity contribution in [2.24, 2.45) is 0 Å². The average Bonchev–Trinajstić information content (AvgIpc) is 2.33. The fourth-order valence-corrected chi connectivity index (χ4v) is 2.03. The minimum atomic E-state index is -0.123. The molecule has 5 heteroatoms. The Morgan fingerprint density at radius 2 is 2.22 bits per heavy atom. The number of hydrogen-bond donors (Lipinski definition) is 1. The standard InChI is InChI=1S/C13H19ClN2O2/c1-4-16(9(2)8-18-3)13(17)11-7-10(14)5-6-12(11)15/h5-7,9H,4,8,15H2,1-3H3. The van der Waals surface area contributed by atoms with Gasteiger partial charge in [-0.15, -0.1) is 0 Å². The second-order valence-electron chi connectivity index (χ2n) is 4.13. The van der Waals surface area contributed by atoms with E-state index in [-0.39, 0.29) is 11.9 Å². The number of likely N-dealkylation sites (N-methyl/N-ethyl adjacent to an activating group) is 1. The molecule has 4 nitrogen and oxygen atoms in total. The van der Waals surface area contributed by atoms with Crippen molar-refractivity contribution in [3.63, 3.8) is 0 Å². The second-order valence-corrected chi connectivity index (χ2v) is 4.56. The summed E-state index contributed by atoms with van der Waals surface area (Å²) < 4.78 is 5.08. The molecule has 2 N–H and O–H groups in total. The predicted octanol–water partition coefficient (Wildman–Crippen LogP) is 2.42. The Morgan fingerprint density at radius 1 is 1.56 bits per heavy atom. The molecule has 0 aromatic heterocycles. The molecule has 0 radical (unpaired) electrons. The maximum atomic E-state index is 12.4. The number of rotatable bonds is 5. The number of hydrogen-bond acceptors (Lipinski definition) is 3. The van der Waals surface area contributed by atoms with Gasteiger partial charge >= 0.3 is 0 Å². The Hall–Kier alpha value is -1.26. The van der Waals surface area contributed by atoms with E-state index in [1.165, 1.54) is 0 Å². The van der Waals surface area contributed by atoms with Crippen molar-refractivity contribution in [2.75, 3.05) is 26.0 Å². The molecule has 0 heterocycles. The van der Waals surface area contributed by atoms with Gasteiger partial charge in [-0.25, -0.2) is 0 Å². The molecule has 0 spiro atoms. The summed E-state index contributed by atoms with van der Waals surface area (Å²) in [6.45, 7) is 4.94. The Bertz CT molecular complexity index is 423. The summed E-state index contributed by atoms with van der Waals surface area (Å²) >= 11 is 5.90. The van der Waals surface area contributed by atoms with Crippen LogP contribution in [0.3, 0.4) is 0 Å². The monoisotopic (exact) mass is 270 g/mol. The van der Waals surface area contributed by atoms with E-state index in [4.69, 9.17) is 22.1 Å². The summed E-state index contributed by atoms with van der Waals surface area (Å²) in [5.74, 6) is -0.123. The molecule has 0 saturated heterocycles. The van der Waals surface area contributed by atoms with Crippen LogP contribution in [0, 0.1) is 0 Å². The average molecular weight is 271 g/mol. The van der Waals surface area contributed by atoms with Gasteiger partial charge in [0.1, 0.15) is 0 Å². The van der Waals surface area contributed by atoms with Gasteiger partial charge in [-0.2, -0.15) is 0 Å². The van der Waals surface area contributed by atoms with E-state index >= 15 is 0 Å². The van der Waals surface area contributed by atoms with E-state index in [0.29, 0.717) is 29.4 Å². The van der Waals surface area contributed by atoms with Crippen LogP contribution in [0.25, 0.3) is 0 Å². The van der Waals surface area contributed by atoms with Gasteiger partial charge < -0.3 is 15.4 Å². The normalized spacial score (nSPS) is 12.2. The second kappa shape index (κ2) is 6.61. The number of amides is 1. The fraction of sp³-hybridized carbons (Fsp3) is 0.462. The van der Waals surface area contributed by atoms with Gasteiger partial charge in [-0.3, -0.25) is 4.79 Å². The highest BCUT2D eigenvalue weighted by molar-refractivity contribution is 6.31. The molecular formula is C13H19ClN2O2. The molecule has 1 rings (SSSR count). The summed E-state index contributed by atoms with van der Waals surface area (Å²) in [6.07, 6.45) is 0. The molecule has 1 aromatic carbocycles. The van der Waals surface area contributed by atoms with Crippen molar-refractivity contribution < 1.29 is 9.53 Å². The van der Waals surface area contributed by atoms with E-state index in [1.807, 2.05) is 13.8 Å². The first-order chi connectivity index (χ1) is 8.51. The number of nitrogens with zero attached hydrogens (tertiary/aromatic N) is 1. The van der Waals surface area contributed by atoms with E-state index in [9.17, 15) is 4.79 Å². The lowest BCUT2D eigenvalue weighted by Crippen LogP contribution is -2.41. The largest absolute Gasteiger partial charge is 0.398 e. The molecule has 18 heavy (non-hydrogen) atoms. The van der Waals surface area contributed by atoms with Crippen molar-refractivity contribution in [1.82, 2.24) is 4.90 Å². The van der Waals surface area contributed by atoms with Crippen LogP contribution >= 0.6 is 11.6 Å². The van der Waals surface area contributed by atoms with Crippen LogP contribution in [-0.2, 0) is 4.74 Å². The lowest BCUT2D eigenvalue weighted by molar-refractivity contribution is 0.0580. The van der Waals surface area contributed by atoms with Gasteiger partial charge in [0.2, 0.25) is 0 Å². The number of nitrogen functional groups attached to an aromatic ring is 1. The maximum Gasteiger partial charge on any atom is 0.256 e. The van der Waals surface area contributed by atoms with Crippen LogP contribution in [0.4, 0.5) is 5.69 Å². The van der Waals surface area contributed by atoms with Crippen molar-refractivity contribution in [3.05, 3.63) is 28.8 Å². The van der Waals surface area contributed by atoms with Crippen molar-refractivity contribution in [1.29, 1.82) is 0 Å². The molecule has 0 fully saturated rings. The number of carbonyl (C=O) groups excluding carboxylic acids is 1. The molecule has 1 atom stereocenters. The van der Waals surface area contributed by atoms with E-state index in [2.05, 4.69) is 0 Å². The predicted molar refractivity (Wildman–Crippen MR) is 73.9 cm³/mol. The third-order valence-electron chi connectivity index (χ3n) is 2.79. The van der Waals surface area contributed by atoms with Gasteiger partial charge in [0, 0.05) is 24.4 Å². The summed E-state index contributed by atoms with van der Waals surface area (Å²) in [5, 5.41) is 0.503. The van der Waals surface area contributed by atoms with E-state index in [0.717, 1.165) is 0 Å². The molecule has 0 saturated carbocycles. The Labute approximate surface area is 113 Å². The van der Waals surface area contributed by atoms with Crippen molar-refractivity contribution in [2.45, 2.75) is 19.9 Å². The smallest absolute Gasteiger partial charge is 0.256 e. The number of methoxy groups -OCH3 is 1. The zero-order chi connectivity index (χ0) is 13.7. The van der Waals surface area contributed by atoms with Gasteiger partial charge in [0.25, 0.3) is 5.91 Å². The van der Waals surface area contributed by atoms with E-state index < -0.39 is 0 Å². The summed E-state index contributed by atoms with van der Waals surface area (Å²) in [6, 6.07) is 4.90. The number of halogens is 1. The first-order valence-electron chi connectivity index (χ1n) is 5.86. The molecule has 0 bridgehead atoms. The zero-order valence-corrected chi connectivity index (χ0v) is 11.7. The quantitative estimate of drug-likeness (QED) is 0.836. The lowest BCUT2D eigenvalue weighted by atomic mass is 10.1. The molecule has 1 unspecified atom stereocenters. The summed E-state index contributed by atoms with van der Waals surface area (Å²) in [7, 11) is 1.61. The van der Waals surface area contributed by atoms with Crippen molar-refractivity contribution in [3.8, 4) is 0 Å². The SMILES string of the molecule is CCN(C(=O)c1cc(Cl)ccc1N)C(C)COC. The number of anilines is 1. The molecule has 0 aliphatic heterocycles. The topological polar surface area (TPSA) is 55.6 Å². The van der Waals surface area contributed by atoms with Gasteiger partial charge in [-0.05, 0) is 32.0 Å². The zero-order valence-electron chi connectivity index (χ0n) is 10.9. The minimum Gasteiger partial charge on any atom is -0.398 e. The number of nitrogens with two attached hydrogens (primary N) is 1. The van der Waals surface area contributed by atoms with Gasteiger partial charge in [-0.1, -0.05) is 11.6 Å². The molecule has 1 amide bonds. The van der Waals surface area contributed by atoms with Crippen molar-refractivity contribution >= 4 is 23.2 Å². The van der Waals surface area contributed by atoms with E-state index in [1.54, 1.807) is 30.2 Å². The maximum absolute atomic E-state index is 12.4. The van der Waals surface area contributed by atoms with Crippen LogP contribution in [-0.4, -0.2) is 37.1 Å². The van der Waals surface area contributed by atoms with Crippen LogP contribution in [0.2, 0.25) is 5.02 Å². The number of ether oxygens (including phenoxy) is 1. The molecule has 1 aromatic rings. The number of carbonyl (C=O) groups is 1. The van der Waals surface area contributed by atoms with Gasteiger partial charge in [0.05, 0.1) is 18.2 Å². The lowest BCUT2D eigenvalue weighted by Gasteiger charge is -2.28. The molecule has 100 valence electrons. The Kier molecular flexibility index (Phi) is 5.44. The highest BCUT2D eigenvalue weighted by Crippen LogP contribution is 2.20. The van der Waals surface area contributed by atoms with Gasteiger partial charge in [0.15, 0.2) is 0 Å². The Morgan fingerprint density at radius 3 is 2.78 bits per heavy atom. The third-order valence-corrected chi connectivity index (χ3v) is 3.02. The Balaban J connectivity index is 2.99. The van der Waals surface area contributed by atoms with Crippen LogP contribution in [0.5, 0.6) is 0 Å². The molecular weight excluding hydrogens is 252 g/mol. The van der Waals surface area contributed by atoms with Crippen LogP contribution < -0.4 is 5.73 Å². The fourth-order valence-electron chi connectivity index (χ4n) is 1.86. The highest BCUT2D eigenvalue weighted by Gasteiger charge is 2.21. The summed E-state index contributed by atoms with van der Waals surface area (Å²) in [5.41, 5.74) is 6.69. The summed E-state index contributed by atoms with van der Waals surface area (Å²) in [4.78, 5) is 14.1. The highest BCUT2D eigenvalue weighted by atomic mass is 35.5. The minimum absolute atomic E-state index is 0.00844. The first kappa shape index (κ1) is 14.8. The molecule has 0 aliphatic carbocycles. The van der Waals surface area contributed by atoms with Crippen LogP contribution in [0.15, 0.2) is 18.2 Å². The first-order valence-corrected chi connectivity index (χ1v) is 6.24.